The molecule has 0 aromatic heterocycles. The van der Waals surface area contributed by atoms with Gasteiger partial charge in [-0.1, -0.05) is 35.9 Å². The van der Waals surface area contributed by atoms with Crippen molar-refractivity contribution in [2.24, 2.45) is 5.10 Å². The molecule has 5 nitrogen and oxygen atoms in total. The van der Waals surface area contributed by atoms with Crippen LogP contribution in [-0.4, -0.2) is 17.5 Å². The molecule has 0 atom stereocenters. The number of carbonyl (C=O) groups excluding carboxylic acids is 2. The molecule has 0 aliphatic carbocycles. The van der Waals surface area contributed by atoms with Crippen LogP contribution in [0.4, 0.5) is 11.4 Å². The van der Waals surface area contributed by atoms with E-state index >= 15 is 0 Å². The van der Waals surface area contributed by atoms with Crippen molar-refractivity contribution in [3.63, 3.8) is 0 Å². The van der Waals surface area contributed by atoms with Gasteiger partial charge in [-0.05, 0) is 30.3 Å². The summed E-state index contributed by atoms with van der Waals surface area (Å²) < 4.78 is 0. The van der Waals surface area contributed by atoms with Crippen LogP contribution in [0.2, 0.25) is 5.02 Å². The number of para-hydroxylation sites is 1. The lowest BCUT2D eigenvalue weighted by atomic mass is 10.1. The van der Waals surface area contributed by atoms with E-state index in [1.165, 1.54) is 5.01 Å². The minimum Gasteiger partial charge on any atom is -0.321 e. The van der Waals surface area contributed by atoms with Gasteiger partial charge in [0.2, 0.25) is 5.91 Å². The summed E-state index contributed by atoms with van der Waals surface area (Å²) in [6.07, 6.45) is 0.561. The van der Waals surface area contributed by atoms with Crippen LogP contribution in [0.25, 0.3) is 0 Å². The molecule has 0 bridgehead atoms. The Morgan fingerprint density at radius 1 is 1.09 bits per heavy atom. The van der Waals surface area contributed by atoms with Crippen LogP contribution in [0.15, 0.2) is 59.7 Å². The molecule has 1 aliphatic heterocycles. The smallest absolute Gasteiger partial charge is 0.271 e. The Bertz CT molecular complexity index is 774. The lowest BCUT2D eigenvalue weighted by molar-refractivity contribution is -0.118. The van der Waals surface area contributed by atoms with E-state index < -0.39 is 0 Å². The number of nitrogens with one attached hydrogen (secondary N) is 1. The van der Waals surface area contributed by atoms with Gasteiger partial charge in [0.15, 0.2) is 0 Å². The molecule has 3 rings (SSSR count). The second-order valence-electron chi connectivity index (χ2n) is 5.05. The largest absolute Gasteiger partial charge is 0.321 e. The molecule has 0 saturated heterocycles. The van der Waals surface area contributed by atoms with Crippen LogP contribution in [0.5, 0.6) is 0 Å². The monoisotopic (exact) mass is 327 g/mol. The standard InChI is InChI=1S/C17H14ClN3O2/c18-12-5-4-6-13(11-12)19-17(23)15-9-10-16(22)21(20-15)14-7-2-1-3-8-14/h1-8,11H,9-10H2,(H,19,23). The number of hydrogen-bond donors (Lipinski definition) is 1. The number of carbonyl (C=O) groups is 2. The molecule has 2 aromatic rings. The van der Waals surface area contributed by atoms with Gasteiger partial charge in [-0.3, -0.25) is 9.59 Å². The first-order valence-electron chi connectivity index (χ1n) is 7.16. The van der Waals surface area contributed by atoms with E-state index in [0.717, 1.165) is 0 Å². The van der Waals surface area contributed by atoms with Crippen LogP contribution < -0.4 is 10.3 Å². The van der Waals surface area contributed by atoms with Crippen LogP contribution in [-0.2, 0) is 9.59 Å². The summed E-state index contributed by atoms with van der Waals surface area (Å²) in [7, 11) is 0. The average molecular weight is 328 g/mol. The van der Waals surface area contributed by atoms with Gasteiger partial charge in [0.1, 0.15) is 5.71 Å². The maximum absolute atomic E-state index is 12.3. The topological polar surface area (TPSA) is 61.8 Å². The first-order valence-corrected chi connectivity index (χ1v) is 7.54. The molecule has 1 aliphatic rings. The predicted octanol–water partition coefficient (Wildman–Crippen LogP) is 3.46. The van der Waals surface area contributed by atoms with Gasteiger partial charge >= 0.3 is 0 Å². The summed E-state index contributed by atoms with van der Waals surface area (Å²) in [4.78, 5) is 24.4. The maximum atomic E-state index is 12.3. The van der Waals surface area contributed by atoms with Gasteiger partial charge in [0.25, 0.3) is 5.91 Å². The van der Waals surface area contributed by atoms with Gasteiger partial charge in [-0.2, -0.15) is 5.10 Å². The number of amides is 2. The number of hydrogen-bond acceptors (Lipinski definition) is 3. The Labute approximate surface area is 138 Å². The number of rotatable bonds is 3. The molecular formula is C17H14ClN3O2. The third-order valence-electron chi connectivity index (χ3n) is 3.38. The maximum Gasteiger partial charge on any atom is 0.271 e. The molecule has 1 heterocycles. The zero-order valence-electron chi connectivity index (χ0n) is 12.2. The number of benzene rings is 2. The molecule has 1 N–H and O–H groups in total. The van der Waals surface area contributed by atoms with Crippen molar-refractivity contribution < 1.29 is 9.59 Å². The highest BCUT2D eigenvalue weighted by molar-refractivity contribution is 6.44. The van der Waals surface area contributed by atoms with E-state index in [0.29, 0.717) is 28.5 Å². The quantitative estimate of drug-likeness (QED) is 0.938. The van der Waals surface area contributed by atoms with Gasteiger partial charge in [-0.15, -0.1) is 0 Å². The highest BCUT2D eigenvalue weighted by atomic mass is 35.5. The Hall–Kier alpha value is -2.66. The Morgan fingerprint density at radius 2 is 1.87 bits per heavy atom. The Kier molecular flexibility index (Phi) is 4.39. The van der Waals surface area contributed by atoms with Crippen molar-refractivity contribution in [1.29, 1.82) is 0 Å². The minimum absolute atomic E-state index is 0.129. The fourth-order valence-corrected chi connectivity index (χ4v) is 2.45. The molecule has 2 aromatic carbocycles. The first kappa shape index (κ1) is 15.2. The van der Waals surface area contributed by atoms with E-state index in [9.17, 15) is 9.59 Å². The van der Waals surface area contributed by atoms with Gasteiger partial charge in [0.05, 0.1) is 5.69 Å². The third kappa shape index (κ3) is 3.57. The summed E-state index contributed by atoms with van der Waals surface area (Å²) in [6.45, 7) is 0. The summed E-state index contributed by atoms with van der Waals surface area (Å²) >= 11 is 5.90. The van der Waals surface area contributed by atoms with Crippen molar-refractivity contribution in [3.8, 4) is 0 Å². The lowest BCUT2D eigenvalue weighted by Crippen LogP contribution is -2.36. The van der Waals surface area contributed by atoms with Crippen molar-refractivity contribution >= 4 is 40.5 Å². The molecular weight excluding hydrogens is 314 g/mol. The van der Waals surface area contributed by atoms with Crippen LogP contribution in [0, 0.1) is 0 Å². The average Bonchev–Trinajstić information content (AvgIpc) is 2.56. The van der Waals surface area contributed by atoms with Crippen molar-refractivity contribution in [2.45, 2.75) is 12.8 Å². The minimum atomic E-state index is -0.333. The predicted molar refractivity (Wildman–Crippen MR) is 90.7 cm³/mol. The molecule has 0 spiro atoms. The molecule has 6 heteroatoms. The molecule has 0 radical (unpaired) electrons. The van der Waals surface area contributed by atoms with E-state index in [4.69, 9.17) is 11.6 Å². The number of nitrogens with zero attached hydrogens (tertiary/aromatic N) is 2. The molecule has 116 valence electrons. The molecule has 0 unspecified atom stereocenters. The van der Waals surface area contributed by atoms with Crippen molar-refractivity contribution in [2.75, 3.05) is 10.3 Å². The number of halogens is 1. The molecule has 0 saturated carbocycles. The zero-order chi connectivity index (χ0) is 16.2. The van der Waals surface area contributed by atoms with Gasteiger partial charge in [-0.25, -0.2) is 5.01 Å². The van der Waals surface area contributed by atoms with E-state index in [1.807, 2.05) is 18.2 Å². The van der Waals surface area contributed by atoms with E-state index in [1.54, 1.807) is 36.4 Å². The van der Waals surface area contributed by atoms with Crippen molar-refractivity contribution in [3.05, 3.63) is 59.6 Å². The van der Waals surface area contributed by atoms with Crippen molar-refractivity contribution in [1.82, 2.24) is 0 Å². The molecule has 2 amide bonds. The fourth-order valence-electron chi connectivity index (χ4n) is 2.26. The van der Waals surface area contributed by atoms with E-state index in [-0.39, 0.29) is 18.2 Å². The summed E-state index contributed by atoms with van der Waals surface area (Å²) in [5, 5.41) is 8.76. The third-order valence-corrected chi connectivity index (χ3v) is 3.61. The highest BCUT2D eigenvalue weighted by Gasteiger charge is 2.25. The lowest BCUT2D eigenvalue weighted by Gasteiger charge is -2.23. The highest BCUT2D eigenvalue weighted by Crippen LogP contribution is 2.20. The van der Waals surface area contributed by atoms with Crippen LogP contribution in [0.1, 0.15) is 12.8 Å². The second-order valence-corrected chi connectivity index (χ2v) is 5.49. The van der Waals surface area contributed by atoms with E-state index in [2.05, 4.69) is 10.4 Å². The number of anilines is 2. The second kappa shape index (κ2) is 6.62. The Morgan fingerprint density at radius 3 is 2.61 bits per heavy atom. The molecule has 0 fully saturated rings. The SMILES string of the molecule is O=C(Nc1cccc(Cl)c1)C1=NN(c2ccccc2)C(=O)CC1. The molecule has 23 heavy (non-hydrogen) atoms. The van der Waals surface area contributed by atoms with Gasteiger partial charge in [0, 0.05) is 23.6 Å². The summed E-state index contributed by atoms with van der Waals surface area (Å²) in [5.74, 6) is -0.462. The fraction of sp³-hybridized carbons (Fsp3) is 0.118. The first-order chi connectivity index (χ1) is 11.1. The normalized spacial score (nSPS) is 14.4. The Balaban J connectivity index is 1.81. The van der Waals surface area contributed by atoms with Crippen LogP contribution in [0.3, 0.4) is 0 Å². The zero-order valence-corrected chi connectivity index (χ0v) is 13.0. The number of hydrazone groups is 1. The summed E-state index contributed by atoms with van der Waals surface area (Å²) in [6, 6.07) is 15.9. The van der Waals surface area contributed by atoms with Gasteiger partial charge < -0.3 is 5.32 Å². The van der Waals surface area contributed by atoms with Crippen LogP contribution >= 0.6 is 11.6 Å². The summed E-state index contributed by atoms with van der Waals surface area (Å²) in [5.41, 5.74) is 1.55.